The number of H-pyrrole nitrogens is 1. The van der Waals surface area contributed by atoms with Crippen molar-refractivity contribution in [2.24, 2.45) is 5.92 Å². The largest absolute Gasteiger partial charge is 0.456 e. The summed E-state index contributed by atoms with van der Waals surface area (Å²) in [5.74, 6) is 0.557. The number of nitrogens with one attached hydrogen (secondary N) is 1. The molecule has 1 aliphatic rings. The predicted octanol–water partition coefficient (Wildman–Crippen LogP) is 2.92. The zero-order chi connectivity index (χ0) is 11.8. The minimum Gasteiger partial charge on any atom is -0.456 e. The second-order valence-electron chi connectivity index (χ2n) is 5.54. The van der Waals surface area contributed by atoms with Gasteiger partial charge in [0.1, 0.15) is 5.60 Å². The van der Waals surface area contributed by atoms with Crippen LogP contribution in [0.1, 0.15) is 49.5 Å². The van der Waals surface area contributed by atoms with Gasteiger partial charge >= 0.3 is 5.97 Å². The lowest BCUT2D eigenvalue weighted by atomic mass is 10.1. The van der Waals surface area contributed by atoms with Gasteiger partial charge in [-0.1, -0.05) is 0 Å². The summed E-state index contributed by atoms with van der Waals surface area (Å²) < 4.78 is 5.37. The lowest BCUT2D eigenvalue weighted by Crippen LogP contribution is -2.24. The molecule has 0 spiro atoms. The van der Waals surface area contributed by atoms with E-state index in [1.54, 1.807) is 6.20 Å². The highest BCUT2D eigenvalue weighted by Gasteiger charge is 2.26. The van der Waals surface area contributed by atoms with Crippen LogP contribution in [0.3, 0.4) is 0 Å². The first kappa shape index (κ1) is 11.2. The van der Waals surface area contributed by atoms with E-state index in [1.807, 2.05) is 27.0 Å². The van der Waals surface area contributed by atoms with E-state index in [4.69, 9.17) is 4.74 Å². The average molecular weight is 221 g/mol. The van der Waals surface area contributed by atoms with Gasteiger partial charge in [-0.2, -0.15) is 0 Å². The van der Waals surface area contributed by atoms with Crippen molar-refractivity contribution in [1.82, 2.24) is 4.98 Å². The third kappa shape index (κ3) is 2.87. The Morgan fingerprint density at radius 3 is 2.69 bits per heavy atom. The monoisotopic (exact) mass is 221 g/mol. The Morgan fingerprint density at radius 1 is 1.44 bits per heavy atom. The summed E-state index contributed by atoms with van der Waals surface area (Å²) >= 11 is 0. The number of rotatable bonds is 3. The van der Waals surface area contributed by atoms with Gasteiger partial charge in [0.05, 0.1) is 5.56 Å². The van der Waals surface area contributed by atoms with Gasteiger partial charge in [-0.3, -0.25) is 0 Å². The number of carbonyl (C=O) groups excluding carboxylic acids is 1. The highest BCUT2D eigenvalue weighted by Crippen LogP contribution is 2.33. The van der Waals surface area contributed by atoms with Crippen molar-refractivity contribution in [3.8, 4) is 0 Å². The molecule has 1 saturated carbocycles. The molecule has 0 amide bonds. The fourth-order valence-corrected chi connectivity index (χ4v) is 1.72. The van der Waals surface area contributed by atoms with Gasteiger partial charge in [-0.15, -0.1) is 0 Å². The predicted molar refractivity (Wildman–Crippen MR) is 62.4 cm³/mol. The van der Waals surface area contributed by atoms with Crippen molar-refractivity contribution >= 4 is 5.97 Å². The van der Waals surface area contributed by atoms with E-state index < -0.39 is 5.60 Å². The molecule has 0 saturated heterocycles. The Labute approximate surface area is 96.2 Å². The van der Waals surface area contributed by atoms with Gasteiger partial charge < -0.3 is 9.72 Å². The van der Waals surface area contributed by atoms with Crippen LogP contribution in [-0.4, -0.2) is 16.6 Å². The van der Waals surface area contributed by atoms with Crippen LogP contribution in [0.15, 0.2) is 12.4 Å². The van der Waals surface area contributed by atoms with Crippen molar-refractivity contribution in [2.45, 2.75) is 45.6 Å². The molecule has 0 radical (unpaired) electrons. The SMILES string of the molecule is CC(C)(C)OC(=O)c1c[nH]cc1CC1CC1. The van der Waals surface area contributed by atoms with Crippen molar-refractivity contribution in [1.29, 1.82) is 0 Å². The fraction of sp³-hybridized carbons (Fsp3) is 0.615. The Hall–Kier alpha value is -1.25. The van der Waals surface area contributed by atoms with Crippen LogP contribution in [0.25, 0.3) is 0 Å². The molecule has 2 rings (SSSR count). The van der Waals surface area contributed by atoms with Crippen LogP contribution in [0.5, 0.6) is 0 Å². The van der Waals surface area contributed by atoms with Gasteiger partial charge in [0.15, 0.2) is 0 Å². The molecule has 3 nitrogen and oxygen atoms in total. The number of aromatic amines is 1. The molecule has 16 heavy (non-hydrogen) atoms. The molecule has 0 aliphatic heterocycles. The molecule has 1 fully saturated rings. The quantitative estimate of drug-likeness (QED) is 0.797. The van der Waals surface area contributed by atoms with Crippen LogP contribution in [0, 0.1) is 5.92 Å². The first-order valence-electron chi connectivity index (χ1n) is 5.85. The molecule has 0 atom stereocenters. The van der Waals surface area contributed by atoms with E-state index in [1.165, 1.54) is 12.8 Å². The zero-order valence-electron chi connectivity index (χ0n) is 10.2. The first-order chi connectivity index (χ1) is 7.46. The van der Waals surface area contributed by atoms with Crippen molar-refractivity contribution in [3.63, 3.8) is 0 Å². The summed E-state index contributed by atoms with van der Waals surface area (Å²) in [5.41, 5.74) is 1.36. The molecule has 0 aromatic carbocycles. The molecule has 1 aromatic rings. The van der Waals surface area contributed by atoms with E-state index in [-0.39, 0.29) is 5.97 Å². The Kier molecular flexibility index (Phi) is 2.78. The molecule has 1 aromatic heterocycles. The Balaban J connectivity index is 2.07. The van der Waals surface area contributed by atoms with Crippen LogP contribution in [0.4, 0.5) is 0 Å². The van der Waals surface area contributed by atoms with E-state index >= 15 is 0 Å². The van der Waals surface area contributed by atoms with Crippen LogP contribution < -0.4 is 0 Å². The number of hydrogen-bond acceptors (Lipinski definition) is 2. The van der Waals surface area contributed by atoms with Crippen molar-refractivity contribution < 1.29 is 9.53 Å². The van der Waals surface area contributed by atoms with Gasteiger partial charge in [0, 0.05) is 12.4 Å². The maximum Gasteiger partial charge on any atom is 0.340 e. The van der Waals surface area contributed by atoms with Crippen LogP contribution in [-0.2, 0) is 11.2 Å². The smallest absolute Gasteiger partial charge is 0.340 e. The second kappa shape index (κ2) is 3.96. The van der Waals surface area contributed by atoms with E-state index in [0.717, 1.165) is 17.9 Å². The standard InChI is InChI=1S/C13H19NO2/c1-13(2,3)16-12(15)11-8-14-7-10(11)6-9-4-5-9/h7-9,14H,4-6H2,1-3H3. The summed E-state index contributed by atoms with van der Waals surface area (Å²) in [5, 5.41) is 0. The molecule has 0 bridgehead atoms. The molecular formula is C13H19NO2. The third-order valence-electron chi connectivity index (χ3n) is 2.66. The lowest BCUT2D eigenvalue weighted by molar-refractivity contribution is 0.00686. The molecule has 1 heterocycles. The maximum atomic E-state index is 11.9. The Morgan fingerprint density at radius 2 is 2.12 bits per heavy atom. The zero-order valence-corrected chi connectivity index (χ0v) is 10.2. The molecule has 88 valence electrons. The molecule has 0 unspecified atom stereocenters. The maximum absolute atomic E-state index is 11.9. The van der Waals surface area contributed by atoms with E-state index in [9.17, 15) is 4.79 Å². The molecule has 1 aliphatic carbocycles. The lowest BCUT2D eigenvalue weighted by Gasteiger charge is -2.19. The number of esters is 1. The summed E-state index contributed by atoms with van der Waals surface area (Å²) in [7, 11) is 0. The summed E-state index contributed by atoms with van der Waals surface area (Å²) in [6.07, 6.45) is 7.24. The normalized spacial score (nSPS) is 16.2. The number of hydrogen-bond donors (Lipinski definition) is 1. The number of aromatic nitrogens is 1. The van der Waals surface area contributed by atoms with E-state index in [2.05, 4.69) is 4.98 Å². The molecule has 3 heteroatoms. The molecule has 1 N–H and O–H groups in total. The van der Waals surface area contributed by atoms with Gasteiger partial charge in [-0.25, -0.2) is 4.79 Å². The van der Waals surface area contributed by atoms with Gasteiger partial charge in [-0.05, 0) is 51.5 Å². The van der Waals surface area contributed by atoms with Crippen molar-refractivity contribution in [3.05, 3.63) is 23.5 Å². The highest BCUT2D eigenvalue weighted by molar-refractivity contribution is 5.91. The third-order valence-corrected chi connectivity index (χ3v) is 2.66. The van der Waals surface area contributed by atoms with Gasteiger partial charge in [0.25, 0.3) is 0 Å². The average Bonchev–Trinajstić information content (AvgIpc) is 2.78. The summed E-state index contributed by atoms with van der Waals surface area (Å²) in [4.78, 5) is 14.9. The Bertz CT molecular complexity index is 383. The second-order valence-corrected chi connectivity index (χ2v) is 5.54. The minimum atomic E-state index is -0.425. The first-order valence-corrected chi connectivity index (χ1v) is 5.85. The van der Waals surface area contributed by atoms with Crippen LogP contribution in [0.2, 0.25) is 0 Å². The van der Waals surface area contributed by atoms with E-state index in [0.29, 0.717) is 5.56 Å². The fourth-order valence-electron chi connectivity index (χ4n) is 1.72. The summed E-state index contributed by atoms with van der Waals surface area (Å²) in [6, 6.07) is 0. The van der Waals surface area contributed by atoms with Crippen LogP contribution >= 0.6 is 0 Å². The molecular weight excluding hydrogens is 202 g/mol. The summed E-state index contributed by atoms with van der Waals surface area (Å²) in [6.45, 7) is 5.66. The minimum absolute atomic E-state index is 0.218. The highest BCUT2D eigenvalue weighted by atomic mass is 16.6. The topological polar surface area (TPSA) is 42.1 Å². The number of carbonyl (C=O) groups is 1. The number of ether oxygens (including phenoxy) is 1. The van der Waals surface area contributed by atoms with Crippen molar-refractivity contribution in [2.75, 3.05) is 0 Å². The van der Waals surface area contributed by atoms with Gasteiger partial charge in [0.2, 0.25) is 0 Å².